The third-order valence-electron chi connectivity index (χ3n) is 25.1. The van der Waals surface area contributed by atoms with Gasteiger partial charge in [0.1, 0.15) is 0 Å². The largest absolute Gasteiger partial charge is 0.309 e. The van der Waals surface area contributed by atoms with E-state index in [1.54, 1.807) is 0 Å². The van der Waals surface area contributed by atoms with Crippen LogP contribution in [-0.4, -0.2) is 73.5 Å². The van der Waals surface area contributed by atoms with Crippen molar-refractivity contribution < 1.29 is 0 Å². The second-order valence-corrected chi connectivity index (χ2v) is 33.4. The summed E-state index contributed by atoms with van der Waals surface area (Å²) in [7, 11) is 0. The van der Waals surface area contributed by atoms with Crippen molar-refractivity contribution in [1.82, 2.24) is 73.5 Å². The van der Waals surface area contributed by atoms with Crippen molar-refractivity contribution in [2.24, 2.45) is 0 Å². The number of hydrogen-bond donors (Lipinski definition) is 0. The van der Waals surface area contributed by atoms with Gasteiger partial charge in [-0.3, -0.25) is 0 Å². The van der Waals surface area contributed by atoms with E-state index in [0.717, 1.165) is 122 Å². The number of aromatic nitrogens is 15. The number of hydrogen-bond acceptors (Lipinski definition) is 12. The van der Waals surface area contributed by atoms with Crippen molar-refractivity contribution in [2.75, 3.05) is 0 Å². The van der Waals surface area contributed by atoms with Crippen molar-refractivity contribution in [2.45, 2.75) is 19.3 Å². The Kier molecular flexibility index (Phi) is 19.2. The molecule has 0 atom stereocenters. The van der Waals surface area contributed by atoms with E-state index in [9.17, 15) is 0 Å². The zero-order valence-electron chi connectivity index (χ0n) is 71.7. The smallest absolute Gasteiger partial charge is 0.166 e. The fourth-order valence-electron chi connectivity index (χ4n) is 19.0. The van der Waals surface area contributed by atoms with E-state index in [4.69, 9.17) is 59.8 Å². The molecule has 25 rings (SSSR count). The predicted molar refractivity (Wildman–Crippen MR) is 532 cm³/mol. The minimum absolute atomic E-state index is 0.148. The molecular weight excluding hydrogens is 1620 g/mol. The Morgan fingerprint density at radius 3 is 0.765 bits per heavy atom. The van der Waals surface area contributed by atoms with E-state index >= 15 is 0 Å². The molecule has 0 fully saturated rings. The van der Waals surface area contributed by atoms with E-state index < -0.39 is 0 Å². The Bertz CT molecular complexity index is 8340. The molecule has 620 valence electrons. The zero-order chi connectivity index (χ0) is 87.7. The third-order valence-corrected chi connectivity index (χ3v) is 25.1. The molecule has 0 N–H and O–H groups in total. The molecule has 0 saturated carbocycles. The first-order valence-electron chi connectivity index (χ1n) is 44.2. The summed E-state index contributed by atoms with van der Waals surface area (Å²) in [5.74, 6) is 6.77. The maximum atomic E-state index is 5.33. The van der Waals surface area contributed by atoms with Crippen LogP contribution in [0.3, 0.4) is 0 Å². The standard InChI is InChI=1S/C60H38N8.C57H39N7/c1-6-20-39(21-7-1)55-61-56(40-22-8-2-9-23-40)64-59(63-55)43-34-35-50(47(38-43)60-65-57(41-24-10-3-11-25-41)62-58(66-60)42-26-12-4-13-27-42)68-49-33-19-17-31-46(49)54-52(68)37-36-51-53(54)45-30-16-18-32-48(45)67(51)44-28-14-5-15-29-44;1-57(2)44-29-17-15-27-41(44)49-45(57)32-34-48-50(49)42-28-16-18-30-46(42)64(48)47-33-31-40(55-60-51(36-19-7-3-8-20-36)58-52(61-55)37-21-9-4-10-22-37)35-43(47)56-62-53(38-23-11-5-12-24-38)59-54(63-56)39-25-13-6-14-26-39/h1-38H;3-35H,1-2H3. The van der Waals surface area contributed by atoms with Crippen LogP contribution >= 0.6 is 0 Å². The monoisotopic (exact) mass is 1690 g/mol. The summed E-state index contributed by atoms with van der Waals surface area (Å²) >= 11 is 0. The van der Waals surface area contributed by atoms with E-state index in [0.29, 0.717) is 69.9 Å². The highest BCUT2D eigenvalue weighted by Gasteiger charge is 2.38. The van der Waals surface area contributed by atoms with Crippen molar-refractivity contribution >= 4 is 65.4 Å². The van der Waals surface area contributed by atoms with Gasteiger partial charge in [0.15, 0.2) is 69.9 Å². The predicted octanol–water partition coefficient (Wildman–Crippen LogP) is 27.7. The van der Waals surface area contributed by atoms with Crippen LogP contribution in [0.1, 0.15) is 25.0 Å². The van der Waals surface area contributed by atoms with Gasteiger partial charge in [-0.05, 0) is 107 Å². The van der Waals surface area contributed by atoms with Crippen LogP contribution in [0.2, 0.25) is 0 Å². The van der Waals surface area contributed by atoms with Crippen LogP contribution in [0.25, 0.3) is 230 Å². The maximum absolute atomic E-state index is 5.33. The summed E-state index contributed by atoms with van der Waals surface area (Å²) in [5, 5.41) is 7.10. The minimum atomic E-state index is -0.148. The number of para-hydroxylation sites is 4. The lowest BCUT2D eigenvalue weighted by atomic mass is 9.82. The van der Waals surface area contributed by atoms with Crippen molar-refractivity contribution in [3.63, 3.8) is 0 Å². The minimum Gasteiger partial charge on any atom is -0.309 e. The Balaban J connectivity index is 0.000000146. The van der Waals surface area contributed by atoms with Gasteiger partial charge in [-0.1, -0.05) is 360 Å². The topological polar surface area (TPSA) is 169 Å². The Morgan fingerprint density at radius 2 is 0.424 bits per heavy atom. The Morgan fingerprint density at radius 1 is 0.174 bits per heavy atom. The van der Waals surface area contributed by atoms with E-state index in [2.05, 4.69) is 216 Å². The molecule has 0 unspecified atom stereocenters. The molecule has 1 aliphatic carbocycles. The summed E-state index contributed by atoms with van der Waals surface area (Å²) in [4.78, 5) is 62.1. The Labute approximate surface area is 759 Å². The molecule has 7 heterocycles. The average molecular weight is 1690 g/mol. The molecule has 0 spiro atoms. The average Bonchev–Trinajstić information content (AvgIpc) is 1.54. The Hall–Kier alpha value is -17.8. The van der Waals surface area contributed by atoms with Crippen LogP contribution in [0.4, 0.5) is 0 Å². The number of benzene rings is 17. The molecule has 0 bridgehead atoms. The number of rotatable bonds is 15. The van der Waals surface area contributed by atoms with Gasteiger partial charge in [0.2, 0.25) is 0 Å². The number of fused-ring (bicyclic) bond motifs is 14. The molecule has 0 amide bonds. The van der Waals surface area contributed by atoms with Gasteiger partial charge in [0, 0.05) is 110 Å². The summed E-state index contributed by atoms with van der Waals surface area (Å²) in [6, 6.07) is 148. The van der Waals surface area contributed by atoms with Gasteiger partial charge in [0.05, 0.1) is 44.5 Å². The molecule has 132 heavy (non-hydrogen) atoms. The van der Waals surface area contributed by atoms with E-state index in [1.807, 2.05) is 243 Å². The zero-order valence-corrected chi connectivity index (χ0v) is 71.7. The molecular formula is C117H77N15. The van der Waals surface area contributed by atoms with Crippen molar-refractivity contribution in [3.8, 4) is 165 Å². The lowest BCUT2D eigenvalue weighted by molar-refractivity contribution is 0.661. The first-order chi connectivity index (χ1) is 65.2. The normalized spacial score (nSPS) is 12.1. The third kappa shape index (κ3) is 13.7. The summed E-state index contributed by atoms with van der Waals surface area (Å²) < 4.78 is 7.12. The van der Waals surface area contributed by atoms with Gasteiger partial charge >= 0.3 is 0 Å². The van der Waals surface area contributed by atoms with Crippen LogP contribution in [0.5, 0.6) is 0 Å². The van der Waals surface area contributed by atoms with Crippen LogP contribution in [0.15, 0.2) is 431 Å². The molecule has 15 nitrogen and oxygen atoms in total. The van der Waals surface area contributed by atoms with Crippen molar-refractivity contribution in [3.05, 3.63) is 442 Å². The lowest BCUT2D eigenvalue weighted by Crippen LogP contribution is -2.14. The van der Waals surface area contributed by atoms with Gasteiger partial charge in [-0.2, -0.15) is 0 Å². The van der Waals surface area contributed by atoms with Gasteiger partial charge in [0.25, 0.3) is 0 Å². The van der Waals surface area contributed by atoms with E-state index in [1.165, 1.54) is 49.2 Å². The van der Waals surface area contributed by atoms with Gasteiger partial charge < -0.3 is 13.7 Å². The molecule has 7 aromatic heterocycles. The van der Waals surface area contributed by atoms with Crippen molar-refractivity contribution in [1.29, 1.82) is 0 Å². The second-order valence-electron chi connectivity index (χ2n) is 33.4. The highest BCUT2D eigenvalue weighted by molar-refractivity contribution is 6.29. The lowest BCUT2D eigenvalue weighted by Gasteiger charge is -2.21. The SMILES string of the molecule is CC1(C)c2ccccc2-c2c1ccc1c2c2ccccc2n1-c1ccc(-c2nc(-c3ccccc3)nc(-c3ccccc3)n2)cc1-c1nc(-c2ccccc2)nc(-c2ccccc2)n1.c1ccc(-c2nc(-c3ccccc3)nc(-c3ccc(-n4c5ccccc5c5c6c7ccccc7n(-c7ccccc7)c6ccc54)c(-c4nc(-c5ccccc5)nc(-c5ccccc5)n4)c3)n2)cc1. The molecule has 1 aliphatic rings. The summed E-state index contributed by atoms with van der Waals surface area (Å²) in [6.07, 6.45) is 0. The van der Waals surface area contributed by atoms with Gasteiger partial charge in [-0.25, -0.2) is 59.8 Å². The number of nitrogens with zero attached hydrogens (tertiary/aromatic N) is 15. The summed E-state index contributed by atoms with van der Waals surface area (Å²) in [5.41, 5.74) is 25.0. The second kappa shape index (κ2) is 32.6. The first kappa shape index (κ1) is 77.7. The fourth-order valence-corrected chi connectivity index (χ4v) is 19.0. The molecule has 17 aromatic carbocycles. The molecule has 15 heteroatoms. The molecule has 0 radical (unpaired) electrons. The summed E-state index contributed by atoms with van der Waals surface area (Å²) in [6.45, 7) is 4.67. The van der Waals surface area contributed by atoms with Crippen LogP contribution < -0.4 is 0 Å². The fraction of sp³-hybridized carbons (Fsp3) is 0.0256. The van der Waals surface area contributed by atoms with Gasteiger partial charge in [-0.15, -0.1) is 0 Å². The van der Waals surface area contributed by atoms with Crippen LogP contribution in [-0.2, 0) is 5.41 Å². The van der Waals surface area contributed by atoms with Crippen LogP contribution in [0, 0.1) is 0 Å². The van der Waals surface area contributed by atoms with E-state index in [-0.39, 0.29) is 5.41 Å². The molecule has 24 aromatic rings. The first-order valence-corrected chi connectivity index (χ1v) is 44.2. The highest BCUT2D eigenvalue weighted by Crippen LogP contribution is 2.54. The molecule has 0 aliphatic heterocycles. The molecule has 0 saturated heterocycles. The quantitative estimate of drug-likeness (QED) is 0.0953. The maximum Gasteiger partial charge on any atom is 0.166 e. The highest BCUT2D eigenvalue weighted by atomic mass is 15.1.